The third-order valence-electron chi connectivity index (χ3n) is 4.14. The number of fused-ring (bicyclic) bond motifs is 2. The van der Waals surface area contributed by atoms with Gasteiger partial charge in [-0.3, -0.25) is 0 Å². The predicted octanol–water partition coefficient (Wildman–Crippen LogP) is 0.315. The zero-order valence-corrected chi connectivity index (χ0v) is 8.91. The van der Waals surface area contributed by atoms with Crippen LogP contribution in [0.3, 0.4) is 0 Å². The first-order chi connectivity index (χ1) is 6.83. The fourth-order valence-corrected chi connectivity index (χ4v) is 3.50. The lowest BCUT2D eigenvalue weighted by Gasteiger charge is -2.41. The molecule has 0 aromatic rings. The van der Waals surface area contributed by atoms with Gasteiger partial charge in [0.15, 0.2) is 0 Å². The van der Waals surface area contributed by atoms with E-state index in [0.717, 1.165) is 25.0 Å². The summed E-state index contributed by atoms with van der Waals surface area (Å²) < 4.78 is 5.84. The number of nitrogens with zero attached hydrogens (tertiary/aromatic N) is 1. The second kappa shape index (κ2) is 3.47. The number of hydrogen-bond donors (Lipinski definition) is 1. The molecule has 2 heterocycles. The van der Waals surface area contributed by atoms with Gasteiger partial charge in [0.1, 0.15) is 0 Å². The van der Waals surface area contributed by atoms with Crippen molar-refractivity contribution in [2.24, 2.45) is 11.8 Å². The molecule has 0 spiro atoms. The molecule has 3 nitrogen and oxygen atoms in total. The molecule has 4 unspecified atom stereocenters. The van der Waals surface area contributed by atoms with Crippen molar-refractivity contribution in [1.29, 1.82) is 0 Å². The molecule has 0 aromatic carbocycles. The first-order valence-corrected chi connectivity index (χ1v) is 5.86. The van der Waals surface area contributed by atoms with Gasteiger partial charge in [0, 0.05) is 25.7 Å². The van der Waals surface area contributed by atoms with Gasteiger partial charge in [0.25, 0.3) is 0 Å². The average Bonchev–Trinajstić information content (AvgIpc) is 2.53. The lowest BCUT2D eigenvalue weighted by Crippen LogP contribution is -2.53. The second-order valence-corrected chi connectivity index (χ2v) is 5.18. The zero-order valence-electron chi connectivity index (χ0n) is 8.91. The van der Waals surface area contributed by atoms with Crippen molar-refractivity contribution in [3.8, 4) is 0 Å². The molecule has 0 radical (unpaired) electrons. The van der Waals surface area contributed by atoms with E-state index in [1.165, 1.54) is 25.9 Å². The molecule has 2 aliphatic heterocycles. The number of hydrogen-bond acceptors (Lipinski definition) is 3. The van der Waals surface area contributed by atoms with Crippen LogP contribution in [0.15, 0.2) is 0 Å². The van der Waals surface area contributed by atoms with Crippen molar-refractivity contribution >= 4 is 0 Å². The molecule has 4 atom stereocenters. The monoisotopic (exact) mass is 196 g/mol. The van der Waals surface area contributed by atoms with E-state index in [9.17, 15) is 0 Å². The highest BCUT2D eigenvalue weighted by molar-refractivity contribution is 4.96. The van der Waals surface area contributed by atoms with Crippen LogP contribution >= 0.6 is 0 Å². The Hall–Kier alpha value is -0.120. The molecule has 0 bridgehead atoms. The molecule has 14 heavy (non-hydrogen) atoms. The normalized spacial score (nSPS) is 48.6. The van der Waals surface area contributed by atoms with Gasteiger partial charge < -0.3 is 15.0 Å². The van der Waals surface area contributed by atoms with Crippen LogP contribution in [-0.2, 0) is 4.74 Å². The second-order valence-electron chi connectivity index (χ2n) is 5.18. The van der Waals surface area contributed by atoms with E-state index < -0.39 is 0 Å². The van der Waals surface area contributed by atoms with E-state index in [4.69, 9.17) is 4.74 Å². The topological polar surface area (TPSA) is 24.5 Å². The number of nitrogens with one attached hydrogen (secondary N) is 1. The summed E-state index contributed by atoms with van der Waals surface area (Å²) in [6.45, 7) is 4.55. The third-order valence-corrected chi connectivity index (χ3v) is 4.14. The minimum atomic E-state index is 0.511. The number of morpholine rings is 1. The zero-order chi connectivity index (χ0) is 9.54. The lowest BCUT2D eigenvalue weighted by molar-refractivity contribution is -0.0447. The third kappa shape index (κ3) is 1.47. The maximum atomic E-state index is 5.84. The fraction of sp³-hybridized carbons (Fsp3) is 1.00. The Morgan fingerprint density at radius 2 is 2.00 bits per heavy atom. The van der Waals surface area contributed by atoms with Gasteiger partial charge in [-0.05, 0) is 31.7 Å². The van der Waals surface area contributed by atoms with Gasteiger partial charge in [-0.15, -0.1) is 0 Å². The minimum Gasteiger partial charge on any atom is -0.375 e. The van der Waals surface area contributed by atoms with E-state index in [1.54, 1.807) is 0 Å². The Kier molecular flexibility index (Phi) is 2.26. The summed E-state index contributed by atoms with van der Waals surface area (Å²) >= 11 is 0. The largest absolute Gasteiger partial charge is 0.375 e. The van der Waals surface area contributed by atoms with Gasteiger partial charge in [-0.2, -0.15) is 0 Å². The molecule has 3 heteroatoms. The summed E-state index contributed by atoms with van der Waals surface area (Å²) in [6.07, 6.45) is 3.13. The van der Waals surface area contributed by atoms with E-state index in [2.05, 4.69) is 17.3 Å². The first kappa shape index (κ1) is 9.13. The number of ether oxygens (including phenoxy) is 1. The summed E-state index contributed by atoms with van der Waals surface area (Å²) in [7, 11) is 2.25. The van der Waals surface area contributed by atoms with Crippen molar-refractivity contribution in [2.45, 2.75) is 25.0 Å². The van der Waals surface area contributed by atoms with Crippen molar-refractivity contribution in [3.63, 3.8) is 0 Å². The Balaban J connectivity index is 1.70. The molecular weight excluding hydrogens is 176 g/mol. The molecule has 1 N–H and O–H groups in total. The molecule has 3 aliphatic rings. The van der Waals surface area contributed by atoms with Crippen molar-refractivity contribution in [2.75, 3.05) is 33.3 Å². The van der Waals surface area contributed by atoms with Crippen LogP contribution in [0.25, 0.3) is 0 Å². The maximum Gasteiger partial charge on any atom is 0.0732 e. The number of likely N-dealkylation sites (tertiary alicyclic amines) is 1. The van der Waals surface area contributed by atoms with E-state index in [0.29, 0.717) is 12.1 Å². The molecule has 2 saturated heterocycles. The molecule has 3 fully saturated rings. The summed E-state index contributed by atoms with van der Waals surface area (Å²) in [5, 5.41) is 3.60. The van der Waals surface area contributed by atoms with Crippen molar-refractivity contribution < 1.29 is 4.74 Å². The minimum absolute atomic E-state index is 0.511. The maximum absolute atomic E-state index is 5.84. The highest BCUT2D eigenvalue weighted by Crippen LogP contribution is 2.37. The quantitative estimate of drug-likeness (QED) is 0.603. The molecule has 1 saturated carbocycles. The molecule has 0 amide bonds. The van der Waals surface area contributed by atoms with Crippen LogP contribution < -0.4 is 5.32 Å². The van der Waals surface area contributed by atoms with Crippen LogP contribution in [0, 0.1) is 11.8 Å². The van der Waals surface area contributed by atoms with E-state index >= 15 is 0 Å². The molecular formula is C11H20N2O. The standard InChI is InChI=1S/C11H20N2O/c1-13-6-8-4-10-11(5-9(8)7-13)14-3-2-12-10/h8-12H,2-7H2,1H3. The van der Waals surface area contributed by atoms with Crippen LogP contribution in [-0.4, -0.2) is 50.3 Å². The Labute approximate surface area is 85.8 Å². The van der Waals surface area contributed by atoms with E-state index in [1.807, 2.05) is 0 Å². The molecule has 0 aromatic heterocycles. The highest BCUT2D eigenvalue weighted by Gasteiger charge is 2.42. The summed E-state index contributed by atoms with van der Waals surface area (Å²) in [4.78, 5) is 2.48. The van der Waals surface area contributed by atoms with Crippen molar-refractivity contribution in [3.05, 3.63) is 0 Å². The van der Waals surface area contributed by atoms with Gasteiger partial charge >= 0.3 is 0 Å². The lowest BCUT2D eigenvalue weighted by atomic mass is 9.77. The smallest absolute Gasteiger partial charge is 0.0732 e. The highest BCUT2D eigenvalue weighted by atomic mass is 16.5. The van der Waals surface area contributed by atoms with Gasteiger partial charge in [0.05, 0.1) is 12.7 Å². The van der Waals surface area contributed by atoms with Crippen LogP contribution in [0.2, 0.25) is 0 Å². The average molecular weight is 196 g/mol. The Morgan fingerprint density at radius 1 is 1.21 bits per heavy atom. The van der Waals surface area contributed by atoms with Gasteiger partial charge in [-0.1, -0.05) is 0 Å². The van der Waals surface area contributed by atoms with E-state index in [-0.39, 0.29) is 0 Å². The van der Waals surface area contributed by atoms with Crippen LogP contribution in [0.1, 0.15) is 12.8 Å². The van der Waals surface area contributed by atoms with Crippen LogP contribution in [0.5, 0.6) is 0 Å². The molecule has 3 rings (SSSR count). The summed E-state index contributed by atoms with van der Waals surface area (Å²) in [5.74, 6) is 1.83. The predicted molar refractivity (Wildman–Crippen MR) is 55.2 cm³/mol. The summed E-state index contributed by atoms with van der Waals surface area (Å²) in [6, 6.07) is 0.650. The van der Waals surface area contributed by atoms with Crippen LogP contribution in [0.4, 0.5) is 0 Å². The number of rotatable bonds is 0. The van der Waals surface area contributed by atoms with Gasteiger partial charge in [0.2, 0.25) is 0 Å². The SMILES string of the molecule is CN1CC2CC3NCCOC3CC2C1. The Morgan fingerprint density at radius 3 is 2.86 bits per heavy atom. The Bertz CT molecular complexity index is 195. The molecule has 1 aliphatic carbocycles. The fourth-order valence-electron chi connectivity index (χ4n) is 3.50. The molecule has 80 valence electrons. The first-order valence-electron chi connectivity index (χ1n) is 5.86. The van der Waals surface area contributed by atoms with Gasteiger partial charge in [-0.25, -0.2) is 0 Å². The summed E-state index contributed by atoms with van der Waals surface area (Å²) in [5.41, 5.74) is 0. The van der Waals surface area contributed by atoms with Crippen molar-refractivity contribution in [1.82, 2.24) is 10.2 Å².